The molecule has 0 unspecified atom stereocenters. The number of rotatable bonds is 5. The average Bonchev–Trinajstić information content (AvgIpc) is 3.57. The molecule has 7 nitrogen and oxygen atoms in total. The largest absolute Gasteiger partial charge is 0.492 e. The van der Waals surface area contributed by atoms with Gasteiger partial charge >= 0.3 is 5.97 Å². The lowest BCUT2D eigenvalue weighted by Gasteiger charge is -2.42. The Labute approximate surface area is 184 Å². The van der Waals surface area contributed by atoms with Crippen LogP contribution in [0.1, 0.15) is 49.5 Å². The summed E-state index contributed by atoms with van der Waals surface area (Å²) < 4.78 is 37.1. The molecule has 4 rings (SSSR count). The first-order valence-corrected chi connectivity index (χ1v) is 10.6. The van der Waals surface area contributed by atoms with Gasteiger partial charge in [-0.15, -0.1) is 0 Å². The molecule has 0 spiro atoms. The highest BCUT2D eigenvalue weighted by molar-refractivity contribution is 5.97. The van der Waals surface area contributed by atoms with E-state index in [2.05, 4.69) is 0 Å². The van der Waals surface area contributed by atoms with E-state index in [-0.39, 0.29) is 35.2 Å². The van der Waals surface area contributed by atoms with Crippen LogP contribution >= 0.6 is 0 Å². The summed E-state index contributed by atoms with van der Waals surface area (Å²) in [6.07, 6.45) is 3.36. The van der Waals surface area contributed by atoms with Crippen molar-refractivity contribution in [3.8, 4) is 5.75 Å². The number of carboxylic acid groups (broad SMARTS) is 1. The van der Waals surface area contributed by atoms with Crippen molar-refractivity contribution in [3.63, 3.8) is 0 Å². The lowest BCUT2D eigenvalue weighted by atomic mass is 9.78. The summed E-state index contributed by atoms with van der Waals surface area (Å²) in [7, 11) is 1.40. The van der Waals surface area contributed by atoms with Crippen molar-refractivity contribution in [2.75, 3.05) is 31.6 Å². The molecule has 2 aromatic rings. The lowest BCUT2D eigenvalue weighted by molar-refractivity contribution is 0.0694. The van der Waals surface area contributed by atoms with E-state index in [1.54, 1.807) is 9.47 Å². The molecule has 2 fully saturated rings. The minimum atomic E-state index is -1.35. The van der Waals surface area contributed by atoms with Crippen LogP contribution in [0.5, 0.6) is 5.75 Å². The Hall–Kier alpha value is -2.94. The molecule has 1 aromatic carbocycles. The molecule has 2 aliphatic rings. The third kappa shape index (κ3) is 3.54. The number of piperidine rings is 1. The molecule has 1 aliphatic carbocycles. The number of fused-ring (bicyclic) bond motifs is 1. The number of hydrogen-bond donors (Lipinski definition) is 2. The normalized spacial score (nSPS) is 19.9. The van der Waals surface area contributed by atoms with E-state index in [0.29, 0.717) is 30.6 Å². The maximum atomic E-state index is 15.5. The van der Waals surface area contributed by atoms with Crippen molar-refractivity contribution in [2.45, 2.75) is 39.2 Å². The van der Waals surface area contributed by atoms with Crippen molar-refractivity contribution in [1.29, 1.82) is 0 Å². The van der Waals surface area contributed by atoms with Crippen molar-refractivity contribution in [3.05, 3.63) is 45.3 Å². The zero-order valence-corrected chi connectivity index (χ0v) is 18.4. The lowest BCUT2D eigenvalue weighted by Crippen LogP contribution is -2.43. The van der Waals surface area contributed by atoms with Crippen LogP contribution in [0.2, 0.25) is 0 Å². The van der Waals surface area contributed by atoms with E-state index in [1.807, 2.05) is 13.8 Å². The number of aromatic nitrogens is 1. The van der Waals surface area contributed by atoms with Crippen LogP contribution < -0.4 is 20.8 Å². The molecule has 3 N–H and O–H groups in total. The van der Waals surface area contributed by atoms with Gasteiger partial charge in [0.1, 0.15) is 17.1 Å². The van der Waals surface area contributed by atoms with Gasteiger partial charge < -0.3 is 25.0 Å². The van der Waals surface area contributed by atoms with Crippen molar-refractivity contribution in [2.24, 2.45) is 11.1 Å². The van der Waals surface area contributed by atoms with Crippen LogP contribution in [0.15, 0.2) is 28.5 Å². The minimum Gasteiger partial charge on any atom is -0.492 e. The standard InChI is InChI=1S/C23H27F2N3O4/c1-23(2)11-27(7-6-15(23)17(25)9-26)19-16(24)8-13-18(21(19)32-3)28(12-4-5-12)10-14(20(13)29)22(30)31/h8,10,12H,4-7,9,11,26H2,1-3H3,(H,30,31)/b17-15+. The number of halogens is 2. The summed E-state index contributed by atoms with van der Waals surface area (Å²) in [5.41, 5.74) is 4.96. The number of nitrogens with zero attached hydrogens (tertiary/aromatic N) is 2. The van der Waals surface area contributed by atoms with E-state index in [1.165, 1.54) is 13.3 Å². The molecule has 0 radical (unpaired) electrons. The molecule has 1 saturated heterocycles. The monoisotopic (exact) mass is 447 g/mol. The van der Waals surface area contributed by atoms with E-state index < -0.39 is 28.2 Å². The number of ether oxygens (including phenoxy) is 1. The quantitative estimate of drug-likeness (QED) is 0.727. The molecule has 9 heteroatoms. The van der Waals surface area contributed by atoms with E-state index in [4.69, 9.17) is 10.5 Å². The summed E-state index contributed by atoms with van der Waals surface area (Å²) >= 11 is 0. The van der Waals surface area contributed by atoms with Gasteiger partial charge in [-0.3, -0.25) is 4.79 Å². The average molecular weight is 447 g/mol. The number of carbonyl (C=O) groups is 1. The zero-order chi connectivity index (χ0) is 23.4. The third-order valence-corrected chi connectivity index (χ3v) is 6.43. The first kappa shape index (κ1) is 22.3. The van der Waals surface area contributed by atoms with Gasteiger partial charge in [-0.1, -0.05) is 13.8 Å². The number of carboxylic acids is 1. The Morgan fingerprint density at radius 2 is 2.06 bits per heavy atom. The molecular formula is C23H27F2N3O4. The minimum absolute atomic E-state index is 0.0226. The summed E-state index contributed by atoms with van der Waals surface area (Å²) in [6.45, 7) is 4.27. The number of nitrogens with two attached hydrogens (primary N) is 1. The predicted molar refractivity (Wildman–Crippen MR) is 118 cm³/mol. The second-order valence-electron chi connectivity index (χ2n) is 9.09. The van der Waals surface area contributed by atoms with E-state index in [0.717, 1.165) is 18.9 Å². The van der Waals surface area contributed by atoms with Gasteiger partial charge in [-0.05, 0) is 30.9 Å². The Bertz CT molecular complexity index is 1200. The summed E-state index contributed by atoms with van der Waals surface area (Å²) in [5.74, 6) is -2.19. The molecule has 1 saturated carbocycles. The highest BCUT2D eigenvalue weighted by Crippen LogP contribution is 2.46. The highest BCUT2D eigenvalue weighted by atomic mass is 19.1. The number of benzene rings is 1. The molecule has 0 bridgehead atoms. The van der Waals surface area contributed by atoms with Crippen LogP contribution in [-0.4, -0.2) is 42.4 Å². The van der Waals surface area contributed by atoms with Crippen molar-refractivity contribution < 1.29 is 23.4 Å². The summed E-state index contributed by atoms with van der Waals surface area (Å²) in [6, 6.07) is 1.12. The van der Waals surface area contributed by atoms with E-state index >= 15 is 4.39 Å². The number of anilines is 1. The smallest absolute Gasteiger partial charge is 0.341 e. The fourth-order valence-corrected chi connectivity index (χ4v) is 4.78. The number of aromatic carboxylic acids is 1. The van der Waals surface area contributed by atoms with Crippen molar-refractivity contribution >= 4 is 22.6 Å². The van der Waals surface area contributed by atoms with Crippen LogP contribution in [0.25, 0.3) is 10.9 Å². The SMILES string of the molecule is COc1c(N2CC/C(=C(\F)CN)C(C)(C)C2)c(F)cc2c(=O)c(C(=O)O)cn(C3CC3)c12. The van der Waals surface area contributed by atoms with Gasteiger partial charge in [0.15, 0.2) is 11.6 Å². The third-order valence-electron chi connectivity index (χ3n) is 6.43. The van der Waals surface area contributed by atoms with Crippen LogP contribution in [0, 0.1) is 11.2 Å². The Morgan fingerprint density at radius 1 is 1.38 bits per heavy atom. The molecule has 0 atom stereocenters. The molecule has 2 heterocycles. The second-order valence-corrected chi connectivity index (χ2v) is 9.09. The topological polar surface area (TPSA) is 97.8 Å². The molecule has 1 aromatic heterocycles. The van der Waals surface area contributed by atoms with Gasteiger partial charge in [-0.25, -0.2) is 13.6 Å². The molecule has 32 heavy (non-hydrogen) atoms. The highest BCUT2D eigenvalue weighted by Gasteiger charge is 2.37. The first-order chi connectivity index (χ1) is 15.1. The van der Waals surface area contributed by atoms with E-state index in [9.17, 15) is 19.1 Å². The maximum Gasteiger partial charge on any atom is 0.341 e. The van der Waals surface area contributed by atoms with Gasteiger partial charge in [0.2, 0.25) is 5.43 Å². The van der Waals surface area contributed by atoms with Gasteiger partial charge in [0, 0.05) is 37.3 Å². The van der Waals surface area contributed by atoms with Crippen LogP contribution in [-0.2, 0) is 0 Å². The Balaban J connectivity index is 1.93. The molecule has 172 valence electrons. The van der Waals surface area contributed by atoms with Gasteiger partial charge in [0.05, 0.1) is 18.0 Å². The Kier molecular flexibility index (Phi) is 5.48. The Morgan fingerprint density at radius 3 is 2.59 bits per heavy atom. The van der Waals surface area contributed by atoms with Gasteiger partial charge in [0.25, 0.3) is 0 Å². The fourth-order valence-electron chi connectivity index (χ4n) is 4.78. The number of pyridine rings is 1. The zero-order valence-electron chi connectivity index (χ0n) is 18.4. The van der Waals surface area contributed by atoms with Gasteiger partial charge in [-0.2, -0.15) is 0 Å². The molecular weight excluding hydrogens is 420 g/mol. The summed E-state index contributed by atoms with van der Waals surface area (Å²) in [4.78, 5) is 26.2. The van der Waals surface area contributed by atoms with Crippen LogP contribution in [0.3, 0.4) is 0 Å². The second kappa shape index (κ2) is 7.88. The predicted octanol–water partition coefficient (Wildman–Crippen LogP) is 3.60. The maximum absolute atomic E-state index is 15.5. The van der Waals surface area contributed by atoms with Crippen LogP contribution in [0.4, 0.5) is 14.5 Å². The summed E-state index contributed by atoms with van der Waals surface area (Å²) in [5, 5.41) is 9.44. The number of hydrogen-bond acceptors (Lipinski definition) is 5. The number of methoxy groups -OCH3 is 1. The van der Waals surface area contributed by atoms with Crippen molar-refractivity contribution in [1.82, 2.24) is 4.57 Å². The fraction of sp³-hybridized carbons (Fsp3) is 0.478. The molecule has 1 aliphatic heterocycles. The molecule has 0 amide bonds. The first-order valence-electron chi connectivity index (χ1n) is 10.6.